The summed E-state index contributed by atoms with van der Waals surface area (Å²) in [7, 11) is -4.03. The zero-order valence-electron chi connectivity index (χ0n) is 11.5. The summed E-state index contributed by atoms with van der Waals surface area (Å²) in [5.74, 6) is -0.624. The maximum atomic E-state index is 13.6. The summed E-state index contributed by atoms with van der Waals surface area (Å²) in [6.45, 7) is 1.89. The molecule has 4 nitrogen and oxygen atoms in total. The summed E-state index contributed by atoms with van der Waals surface area (Å²) >= 11 is 0. The minimum Gasteiger partial charge on any atom is -0.316 e. The molecule has 116 valence electrons. The molecule has 1 aliphatic carbocycles. The third-order valence-electron chi connectivity index (χ3n) is 4.46. The Morgan fingerprint density at radius 3 is 2.71 bits per heavy atom. The number of sulfonamides is 1. The lowest BCUT2D eigenvalue weighted by Crippen LogP contribution is -2.40. The van der Waals surface area contributed by atoms with E-state index in [4.69, 9.17) is 0 Å². The summed E-state index contributed by atoms with van der Waals surface area (Å²) in [4.78, 5) is -0.617. The van der Waals surface area contributed by atoms with Gasteiger partial charge in [-0.2, -0.15) is 0 Å². The van der Waals surface area contributed by atoms with E-state index in [1.807, 2.05) is 0 Å². The molecule has 2 aliphatic rings. The van der Waals surface area contributed by atoms with Gasteiger partial charge in [0.05, 0.1) is 0 Å². The number of hydrogen-bond donors (Lipinski definition) is 2. The van der Waals surface area contributed by atoms with Gasteiger partial charge >= 0.3 is 0 Å². The fraction of sp³-hybridized carbons (Fsp3) is 0.571. The van der Waals surface area contributed by atoms with Crippen molar-refractivity contribution in [3.8, 4) is 0 Å². The van der Waals surface area contributed by atoms with Crippen molar-refractivity contribution < 1.29 is 17.2 Å². The molecule has 0 aromatic heterocycles. The van der Waals surface area contributed by atoms with Crippen molar-refractivity contribution in [3.05, 3.63) is 29.8 Å². The quantitative estimate of drug-likeness (QED) is 0.891. The Bertz CT molecular complexity index is 636. The second kappa shape index (κ2) is 5.62. The number of fused-ring (bicyclic) bond motifs is 1. The number of rotatable bonds is 3. The van der Waals surface area contributed by atoms with Gasteiger partial charge in [0.15, 0.2) is 0 Å². The molecule has 7 heteroatoms. The third kappa shape index (κ3) is 3.09. The van der Waals surface area contributed by atoms with Crippen molar-refractivity contribution in [3.63, 3.8) is 0 Å². The highest BCUT2D eigenvalue weighted by atomic mass is 32.2. The summed E-state index contributed by atoms with van der Waals surface area (Å²) in [5, 5.41) is 3.31. The molecule has 1 aromatic rings. The first-order valence-electron chi connectivity index (χ1n) is 7.14. The van der Waals surface area contributed by atoms with Gasteiger partial charge in [-0.25, -0.2) is 21.9 Å². The van der Waals surface area contributed by atoms with Gasteiger partial charge in [0.25, 0.3) is 0 Å². The van der Waals surface area contributed by atoms with Crippen LogP contribution in [0.1, 0.15) is 19.3 Å². The van der Waals surface area contributed by atoms with E-state index in [0.29, 0.717) is 11.8 Å². The second-order valence-corrected chi connectivity index (χ2v) is 7.57. The molecular formula is C14H18F2N2O2S. The number of hydrogen-bond acceptors (Lipinski definition) is 3. The number of benzene rings is 1. The first kappa shape index (κ1) is 14.9. The molecule has 1 saturated heterocycles. The Labute approximate surface area is 123 Å². The lowest BCUT2D eigenvalue weighted by atomic mass is 9.79. The predicted octanol–water partition coefficient (Wildman–Crippen LogP) is 1.63. The Hall–Kier alpha value is -1.05. The molecule has 2 N–H and O–H groups in total. The SMILES string of the molecule is O=S(=O)(NC1CC[C@H]2CNC[C@H]2C1)c1cc(F)ccc1F. The molecule has 0 amide bonds. The Balaban J connectivity index is 1.75. The summed E-state index contributed by atoms with van der Waals surface area (Å²) in [5.41, 5.74) is 0. The molecule has 1 heterocycles. The van der Waals surface area contributed by atoms with E-state index in [1.54, 1.807) is 0 Å². The fourth-order valence-corrected chi connectivity index (χ4v) is 4.75. The van der Waals surface area contributed by atoms with Crippen LogP contribution in [-0.4, -0.2) is 27.5 Å². The topological polar surface area (TPSA) is 58.2 Å². The van der Waals surface area contributed by atoms with Crippen molar-refractivity contribution >= 4 is 10.0 Å². The normalized spacial score (nSPS) is 29.3. The van der Waals surface area contributed by atoms with Gasteiger partial charge in [-0.15, -0.1) is 0 Å². The van der Waals surface area contributed by atoms with E-state index >= 15 is 0 Å². The molecule has 21 heavy (non-hydrogen) atoms. The maximum absolute atomic E-state index is 13.6. The largest absolute Gasteiger partial charge is 0.316 e. The average molecular weight is 316 g/mol. The van der Waals surface area contributed by atoms with Crippen LogP contribution in [0.4, 0.5) is 8.78 Å². The van der Waals surface area contributed by atoms with Crippen LogP contribution < -0.4 is 10.0 Å². The van der Waals surface area contributed by atoms with Gasteiger partial charge in [-0.1, -0.05) is 0 Å². The number of halogens is 2. The smallest absolute Gasteiger partial charge is 0.243 e. The second-order valence-electron chi connectivity index (χ2n) is 5.88. The van der Waals surface area contributed by atoms with Gasteiger partial charge in [-0.3, -0.25) is 0 Å². The minimum atomic E-state index is -4.03. The summed E-state index contributed by atoms with van der Waals surface area (Å²) in [6, 6.07) is 2.25. The molecule has 3 rings (SSSR count). The van der Waals surface area contributed by atoms with Gasteiger partial charge in [0.2, 0.25) is 10.0 Å². The monoisotopic (exact) mass is 316 g/mol. The van der Waals surface area contributed by atoms with Crippen molar-refractivity contribution in [2.45, 2.75) is 30.2 Å². The zero-order valence-corrected chi connectivity index (χ0v) is 12.3. The first-order chi connectivity index (χ1) is 9.95. The van der Waals surface area contributed by atoms with Crippen LogP contribution in [0.3, 0.4) is 0 Å². The van der Waals surface area contributed by atoms with Gasteiger partial charge in [-0.05, 0) is 62.4 Å². The highest BCUT2D eigenvalue weighted by Crippen LogP contribution is 2.33. The van der Waals surface area contributed by atoms with E-state index in [9.17, 15) is 17.2 Å². The van der Waals surface area contributed by atoms with Crippen LogP contribution in [0, 0.1) is 23.5 Å². The first-order valence-corrected chi connectivity index (χ1v) is 8.62. The Morgan fingerprint density at radius 1 is 1.14 bits per heavy atom. The van der Waals surface area contributed by atoms with E-state index in [-0.39, 0.29) is 6.04 Å². The lowest BCUT2D eigenvalue weighted by molar-refractivity contribution is 0.260. The molecule has 3 atom stereocenters. The molecule has 1 unspecified atom stereocenters. The maximum Gasteiger partial charge on any atom is 0.243 e. The molecule has 1 aliphatic heterocycles. The highest BCUT2D eigenvalue weighted by molar-refractivity contribution is 7.89. The van der Waals surface area contributed by atoms with Crippen LogP contribution in [0.5, 0.6) is 0 Å². The Kier molecular flexibility index (Phi) is 3.98. The lowest BCUT2D eigenvalue weighted by Gasteiger charge is -2.31. The van der Waals surface area contributed by atoms with E-state index < -0.39 is 26.6 Å². The molecular weight excluding hydrogens is 298 g/mol. The summed E-state index contributed by atoms with van der Waals surface area (Å²) in [6.07, 6.45) is 2.43. The van der Waals surface area contributed by atoms with Crippen LogP contribution in [-0.2, 0) is 10.0 Å². The van der Waals surface area contributed by atoms with Crippen molar-refractivity contribution in [1.29, 1.82) is 0 Å². The van der Waals surface area contributed by atoms with Crippen molar-refractivity contribution in [2.24, 2.45) is 11.8 Å². The fourth-order valence-electron chi connectivity index (χ4n) is 3.37. The zero-order chi connectivity index (χ0) is 15.0. The predicted molar refractivity (Wildman–Crippen MR) is 74.2 cm³/mol. The van der Waals surface area contributed by atoms with Crippen LogP contribution in [0.2, 0.25) is 0 Å². The molecule has 0 bridgehead atoms. The Morgan fingerprint density at radius 2 is 1.90 bits per heavy atom. The van der Waals surface area contributed by atoms with Crippen LogP contribution >= 0.6 is 0 Å². The molecule has 1 saturated carbocycles. The van der Waals surface area contributed by atoms with Gasteiger partial charge in [0.1, 0.15) is 16.5 Å². The minimum absolute atomic E-state index is 0.209. The van der Waals surface area contributed by atoms with E-state index in [1.165, 1.54) is 0 Å². The molecule has 0 radical (unpaired) electrons. The third-order valence-corrected chi connectivity index (χ3v) is 5.99. The molecule has 0 spiro atoms. The van der Waals surface area contributed by atoms with Crippen LogP contribution in [0.15, 0.2) is 23.1 Å². The van der Waals surface area contributed by atoms with E-state index in [2.05, 4.69) is 10.0 Å². The van der Waals surface area contributed by atoms with Crippen molar-refractivity contribution in [1.82, 2.24) is 10.0 Å². The number of nitrogens with one attached hydrogen (secondary N) is 2. The van der Waals surface area contributed by atoms with Crippen molar-refractivity contribution in [2.75, 3.05) is 13.1 Å². The van der Waals surface area contributed by atoms with Crippen LogP contribution in [0.25, 0.3) is 0 Å². The highest BCUT2D eigenvalue weighted by Gasteiger charge is 2.35. The van der Waals surface area contributed by atoms with Gasteiger partial charge < -0.3 is 5.32 Å². The summed E-state index contributed by atoms with van der Waals surface area (Å²) < 4.78 is 53.8. The molecule has 2 fully saturated rings. The van der Waals surface area contributed by atoms with E-state index in [0.717, 1.165) is 50.6 Å². The average Bonchev–Trinajstić information content (AvgIpc) is 2.88. The standard InChI is InChI=1S/C14H18F2N2O2S/c15-11-2-4-13(16)14(6-11)21(19,20)18-12-3-1-9-7-17-8-10(9)5-12/h2,4,6,9-10,12,17-18H,1,3,5,7-8H2/t9-,10+,12?/m0/s1. The van der Waals surface area contributed by atoms with Gasteiger partial charge in [0, 0.05) is 6.04 Å². The molecule has 1 aromatic carbocycles.